The van der Waals surface area contributed by atoms with E-state index in [0.29, 0.717) is 0 Å². The zero-order chi connectivity index (χ0) is 13.9. The van der Waals surface area contributed by atoms with Crippen LogP contribution in [0.2, 0.25) is 0 Å². The van der Waals surface area contributed by atoms with Crippen LogP contribution in [0.5, 0.6) is 0 Å². The Hall–Kier alpha value is 0.570. The Balaban J connectivity index is 4.74. The van der Waals surface area contributed by atoms with Crippen LogP contribution in [0.3, 0.4) is 0 Å². The number of nitrogens with zero attached hydrogens (tertiary/aromatic N) is 1. The lowest BCUT2D eigenvalue weighted by Crippen LogP contribution is -2.37. The minimum atomic E-state index is -3.40. The molecule has 0 bridgehead atoms. The Kier molecular flexibility index (Phi) is 6.88. The van der Waals surface area contributed by atoms with Gasteiger partial charge in [0.15, 0.2) is 0 Å². The fraction of sp³-hybridized carbons (Fsp3) is 1.00. The molecule has 0 aliphatic rings. The molecule has 0 spiro atoms. The van der Waals surface area contributed by atoms with E-state index in [1.54, 1.807) is 13.8 Å². The molecular weight excluding hydrogens is 282 g/mol. The minimum Gasteiger partial charge on any atom is -0.271 e. The van der Waals surface area contributed by atoms with Crippen molar-refractivity contribution in [2.24, 2.45) is 16.5 Å². The molecule has 11 heteroatoms. The van der Waals surface area contributed by atoms with Gasteiger partial charge in [-0.25, -0.2) is 5.09 Å². The molecule has 0 aliphatic heterocycles. The molecule has 0 aromatic carbocycles. The predicted molar refractivity (Wildman–Crippen MR) is 73.7 cm³/mol. The SMILES string of the molecule is CC(C)NP(N)(=O)N(SNP(N)(N)=O)C(C)C. The van der Waals surface area contributed by atoms with Gasteiger partial charge in [-0.15, -0.1) is 0 Å². The molecule has 0 fully saturated rings. The van der Waals surface area contributed by atoms with Crippen molar-refractivity contribution in [2.75, 3.05) is 0 Å². The third-order valence-corrected chi connectivity index (χ3v) is 6.44. The number of rotatable bonds is 7. The van der Waals surface area contributed by atoms with Crippen LogP contribution in [0.15, 0.2) is 0 Å². The van der Waals surface area contributed by atoms with Crippen LogP contribution in [-0.2, 0) is 9.13 Å². The van der Waals surface area contributed by atoms with Gasteiger partial charge in [0.1, 0.15) is 0 Å². The monoisotopic (exact) mass is 304 g/mol. The summed E-state index contributed by atoms with van der Waals surface area (Å²) in [6, 6.07) is -0.198. The standard InChI is InChI=1S/C6H22N6O2P2S/c1-5(2)10-16(9,14)12(6(3)4)17-11-15(7,8)13/h5-6H,1-4H3,(H3,9,10,14)(H5,7,8,11,13). The summed E-state index contributed by atoms with van der Waals surface area (Å²) in [5.74, 6) is 0. The topological polar surface area (TPSA) is 140 Å². The summed E-state index contributed by atoms with van der Waals surface area (Å²) in [5.41, 5.74) is 16.0. The number of hydrogen-bond donors (Lipinski definition) is 5. The zero-order valence-electron chi connectivity index (χ0n) is 10.5. The first kappa shape index (κ1) is 17.6. The van der Waals surface area contributed by atoms with E-state index in [2.05, 4.69) is 9.58 Å². The van der Waals surface area contributed by atoms with Crippen molar-refractivity contribution in [3.05, 3.63) is 0 Å². The molecular formula is C6H22N6O2P2S. The summed E-state index contributed by atoms with van der Waals surface area (Å²) in [4.78, 5) is 0. The van der Waals surface area contributed by atoms with Crippen molar-refractivity contribution in [3.8, 4) is 0 Å². The van der Waals surface area contributed by atoms with Gasteiger partial charge in [-0.3, -0.25) is 25.6 Å². The molecule has 0 amide bonds. The summed E-state index contributed by atoms with van der Waals surface area (Å²) < 4.78 is 27.1. The fourth-order valence-electron chi connectivity index (χ4n) is 1.04. The summed E-state index contributed by atoms with van der Waals surface area (Å²) in [6.07, 6.45) is 0. The van der Waals surface area contributed by atoms with E-state index >= 15 is 0 Å². The van der Waals surface area contributed by atoms with Gasteiger partial charge < -0.3 is 0 Å². The Bertz CT molecular complexity index is 332. The van der Waals surface area contributed by atoms with Gasteiger partial charge >= 0.3 is 0 Å². The number of nitrogens with two attached hydrogens (primary N) is 3. The average Bonchev–Trinajstić information content (AvgIpc) is 1.96. The third-order valence-electron chi connectivity index (χ3n) is 1.45. The molecule has 0 heterocycles. The predicted octanol–water partition coefficient (Wildman–Crippen LogP) is 0.940. The van der Waals surface area contributed by atoms with E-state index in [9.17, 15) is 9.13 Å². The first-order valence-electron chi connectivity index (χ1n) is 5.03. The van der Waals surface area contributed by atoms with Gasteiger partial charge in [-0.05, 0) is 27.7 Å². The van der Waals surface area contributed by atoms with E-state index in [1.807, 2.05) is 13.8 Å². The highest BCUT2D eigenvalue weighted by Gasteiger charge is 2.31. The molecule has 1 unspecified atom stereocenters. The summed E-state index contributed by atoms with van der Waals surface area (Å²) in [6.45, 7) is 7.25. The van der Waals surface area contributed by atoms with Crippen molar-refractivity contribution in [1.29, 1.82) is 0 Å². The maximum Gasteiger partial charge on any atom is 0.289 e. The smallest absolute Gasteiger partial charge is 0.271 e. The molecule has 0 aromatic rings. The van der Waals surface area contributed by atoms with Crippen molar-refractivity contribution >= 4 is 27.3 Å². The summed E-state index contributed by atoms with van der Waals surface area (Å²) in [5, 5.41) is 2.76. The molecule has 0 radical (unpaired) electrons. The zero-order valence-corrected chi connectivity index (χ0v) is 13.1. The molecule has 0 saturated heterocycles. The Morgan fingerprint density at radius 1 is 1.12 bits per heavy atom. The van der Waals surface area contributed by atoms with E-state index in [4.69, 9.17) is 16.5 Å². The van der Waals surface area contributed by atoms with E-state index in [-0.39, 0.29) is 12.1 Å². The Labute approximate surface area is 107 Å². The molecule has 0 rings (SSSR count). The number of hydrogen-bond acceptors (Lipinski definition) is 3. The van der Waals surface area contributed by atoms with E-state index in [0.717, 1.165) is 12.1 Å². The quantitative estimate of drug-likeness (QED) is 0.343. The highest BCUT2D eigenvalue weighted by molar-refractivity contribution is 8.04. The van der Waals surface area contributed by atoms with Gasteiger partial charge in [-0.2, -0.15) is 8.57 Å². The Morgan fingerprint density at radius 2 is 1.59 bits per heavy atom. The van der Waals surface area contributed by atoms with Crippen molar-refractivity contribution < 1.29 is 9.13 Å². The highest BCUT2D eigenvalue weighted by atomic mass is 32.2. The maximum absolute atomic E-state index is 12.2. The maximum atomic E-state index is 12.2. The largest absolute Gasteiger partial charge is 0.289 e. The molecule has 0 aromatic heterocycles. The van der Waals surface area contributed by atoms with Crippen molar-refractivity contribution in [1.82, 2.24) is 13.7 Å². The lowest BCUT2D eigenvalue weighted by Gasteiger charge is -2.32. The lowest BCUT2D eigenvalue weighted by molar-refractivity contribution is 0.479. The second kappa shape index (κ2) is 6.65. The minimum absolute atomic E-state index is 0.0461. The average molecular weight is 304 g/mol. The van der Waals surface area contributed by atoms with Crippen molar-refractivity contribution in [2.45, 2.75) is 39.8 Å². The normalized spacial score (nSPS) is 16.8. The van der Waals surface area contributed by atoms with Gasteiger partial charge in [0, 0.05) is 24.2 Å². The van der Waals surface area contributed by atoms with Gasteiger partial charge in [-0.1, -0.05) is 0 Å². The van der Waals surface area contributed by atoms with Crippen LogP contribution in [-0.4, -0.2) is 16.2 Å². The molecule has 17 heavy (non-hydrogen) atoms. The Morgan fingerprint density at radius 3 is 1.88 bits per heavy atom. The second-order valence-corrected chi connectivity index (χ2v) is 9.13. The molecule has 0 saturated carbocycles. The lowest BCUT2D eigenvalue weighted by atomic mass is 10.4. The molecule has 104 valence electrons. The molecule has 8 N–H and O–H groups in total. The molecule has 1 atom stereocenters. The second-order valence-electron chi connectivity index (χ2n) is 4.19. The van der Waals surface area contributed by atoms with Gasteiger partial charge in [0.25, 0.3) is 15.2 Å². The summed E-state index contributed by atoms with van der Waals surface area (Å²) in [7, 11) is -6.65. The fourth-order valence-corrected chi connectivity index (χ4v) is 4.59. The van der Waals surface area contributed by atoms with Crippen molar-refractivity contribution in [3.63, 3.8) is 0 Å². The van der Waals surface area contributed by atoms with E-state index in [1.165, 1.54) is 4.08 Å². The number of nitrogens with one attached hydrogen (secondary N) is 2. The van der Waals surface area contributed by atoms with Crippen LogP contribution in [0.1, 0.15) is 27.7 Å². The van der Waals surface area contributed by atoms with Crippen LogP contribution >= 0.6 is 27.3 Å². The molecule has 8 nitrogen and oxygen atoms in total. The van der Waals surface area contributed by atoms with Crippen LogP contribution < -0.4 is 26.1 Å². The van der Waals surface area contributed by atoms with Crippen LogP contribution in [0, 0.1) is 0 Å². The van der Waals surface area contributed by atoms with Gasteiger partial charge in [0.2, 0.25) is 0 Å². The van der Waals surface area contributed by atoms with Crippen LogP contribution in [0.4, 0.5) is 0 Å². The van der Waals surface area contributed by atoms with E-state index < -0.39 is 15.2 Å². The third kappa shape index (κ3) is 7.56. The van der Waals surface area contributed by atoms with Crippen LogP contribution in [0.25, 0.3) is 0 Å². The van der Waals surface area contributed by atoms with Gasteiger partial charge in [0.05, 0.1) is 0 Å². The highest BCUT2D eigenvalue weighted by Crippen LogP contribution is 2.45. The first-order chi connectivity index (χ1) is 7.46. The molecule has 0 aliphatic carbocycles. The summed E-state index contributed by atoms with van der Waals surface area (Å²) >= 11 is 0.805. The first-order valence-corrected chi connectivity index (χ1v) is 9.38.